The molecule has 0 radical (unpaired) electrons. The third-order valence-electron chi connectivity index (χ3n) is 2.94. The summed E-state index contributed by atoms with van der Waals surface area (Å²) in [5, 5.41) is 3.31. The summed E-state index contributed by atoms with van der Waals surface area (Å²) in [5.74, 6) is 1.53. The number of ether oxygens (including phenoxy) is 1. The number of hydrogen-bond donors (Lipinski definition) is 1. The average Bonchev–Trinajstić information content (AvgIpc) is 2.37. The summed E-state index contributed by atoms with van der Waals surface area (Å²) in [6.07, 6.45) is 0. The van der Waals surface area contributed by atoms with E-state index in [2.05, 4.69) is 22.2 Å². The molecule has 0 aliphatic heterocycles. The van der Waals surface area contributed by atoms with Crippen molar-refractivity contribution in [2.24, 2.45) is 0 Å². The molecule has 0 saturated carbocycles. The van der Waals surface area contributed by atoms with E-state index in [1.54, 1.807) is 7.11 Å². The molecule has 0 aliphatic carbocycles. The van der Waals surface area contributed by atoms with E-state index in [1.165, 1.54) is 5.56 Å². The van der Waals surface area contributed by atoms with Crippen LogP contribution in [-0.2, 0) is 0 Å². The van der Waals surface area contributed by atoms with Gasteiger partial charge in [0.15, 0.2) is 0 Å². The lowest BCUT2D eigenvalue weighted by Gasteiger charge is -2.15. The fraction of sp³-hybridized carbons (Fsp3) is 0.333. The number of rotatable bonds is 4. The second kappa shape index (κ2) is 5.69. The molecule has 100 valence electrons. The molecule has 0 spiro atoms. The van der Waals surface area contributed by atoms with Gasteiger partial charge >= 0.3 is 0 Å². The fourth-order valence-electron chi connectivity index (χ4n) is 1.96. The van der Waals surface area contributed by atoms with Crippen molar-refractivity contribution in [1.82, 2.24) is 9.97 Å². The van der Waals surface area contributed by atoms with Crippen molar-refractivity contribution < 1.29 is 4.74 Å². The lowest BCUT2D eigenvalue weighted by Crippen LogP contribution is -2.10. The monoisotopic (exact) mass is 257 g/mol. The Kier molecular flexibility index (Phi) is 4.00. The number of hydrogen-bond acceptors (Lipinski definition) is 4. The van der Waals surface area contributed by atoms with Crippen molar-refractivity contribution in [2.75, 3.05) is 12.4 Å². The first-order valence-electron chi connectivity index (χ1n) is 6.31. The summed E-state index contributed by atoms with van der Waals surface area (Å²) >= 11 is 0. The number of anilines is 1. The van der Waals surface area contributed by atoms with Gasteiger partial charge in [-0.1, -0.05) is 12.1 Å². The Morgan fingerprint density at radius 2 is 1.63 bits per heavy atom. The summed E-state index contributed by atoms with van der Waals surface area (Å²) in [4.78, 5) is 8.77. The molecule has 4 nitrogen and oxygen atoms in total. The molecule has 1 aromatic heterocycles. The summed E-state index contributed by atoms with van der Waals surface area (Å²) in [6.45, 7) is 6.03. The van der Waals surface area contributed by atoms with E-state index in [0.717, 1.165) is 17.1 Å². The van der Waals surface area contributed by atoms with Gasteiger partial charge in [-0.2, -0.15) is 0 Å². The Balaban J connectivity index is 2.13. The van der Waals surface area contributed by atoms with E-state index in [-0.39, 0.29) is 6.04 Å². The maximum atomic E-state index is 5.15. The van der Waals surface area contributed by atoms with Gasteiger partial charge in [0.2, 0.25) is 5.95 Å². The first-order valence-corrected chi connectivity index (χ1v) is 6.31. The predicted molar refractivity (Wildman–Crippen MR) is 76.5 cm³/mol. The SMILES string of the molecule is COc1ccc(C(C)Nc2nc(C)cc(C)n2)cc1. The quantitative estimate of drug-likeness (QED) is 0.913. The maximum Gasteiger partial charge on any atom is 0.223 e. The molecule has 2 rings (SSSR count). The third kappa shape index (κ3) is 3.44. The standard InChI is InChI=1S/C15H19N3O/c1-10-9-11(2)17-15(16-10)18-12(3)13-5-7-14(19-4)8-6-13/h5-9,12H,1-4H3,(H,16,17,18). The normalized spacial score (nSPS) is 12.0. The summed E-state index contributed by atoms with van der Waals surface area (Å²) in [7, 11) is 1.67. The number of aromatic nitrogens is 2. The maximum absolute atomic E-state index is 5.15. The molecule has 1 aromatic carbocycles. The van der Waals surface area contributed by atoms with Crippen LogP contribution in [0.3, 0.4) is 0 Å². The number of benzene rings is 1. The Labute approximate surface area is 113 Å². The van der Waals surface area contributed by atoms with Crippen LogP contribution in [0.4, 0.5) is 5.95 Å². The lowest BCUT2D eigenvalue weighted by molar-refractivity contribution is 0.414. The van der Waals surface area contributed by atoms with Crippen LogP contribution in [-0.4, -0.2) is 17.1 Å². The minimum absolute atomic E-state index is 0.145. The van der Waals surface area contributed by atoms with Crippen LogP contribution in [0, 0.1) is 13.8 Å². The smallest absolute Gasteiger partial charge is 0.223 e. The highest BCUT2D eigenvalue weighted by molar-refractivity contribution is 5.35. The van der Waals surface area contributed by atoms with Crippen LogP contribution in [0.1, 0.15) is 29.9 Å². The molecular formula is C15H19N3O. The summed E-state index contributed by atoms with van der Waals surface area (Å²) in [6, 6.07) is 10.1. The van der Waals surface area contributed by atoms with Crippen molar-refractivity contribution >= 4 is 5.95 Å². The van der Waals surface area contributed by atoms with Gasteiger partial charge in [-0.25, -0.2) is 9.97 Å². The zero-order chi connectivity index (χ0) is 13.8. The molecule has 0 aliphatic rings. The van der Waals surface area contributed by atoms with Gasteiger partial charge < -0.3 is 10.1 Å². The molecule has 1 N–H and O–H groups in total. The van der Waals surface area contributed by atoms with Crippen LogP contribution in [0.15, 0.2) is 30.3 Å². The van der Waals surface area contributed by atoms with Crippen molar-refractivity contribution in [1.29, 1.82) is 0 Å². The number of nitrogens with zero attached hydrogens (tertiary/aromatic N) is 2. The van der Waals surface area contributed by atoms with E-state index in [9.17, 15) is 0 Å². The average molecular weight is 257 g/mol. The number of aryl methyl sites for hydroxylation is 2. The van der Waals surface area contributed by atoms with Gasteiger partial charge in [0.05, 0.1) is 13.2 Å². The molecule has 4 heteroatoms. The van der Waals surface area contributed by atoms with Crippen molar-refractivity contribution in [3.05, 3.63) is 47.3 Å². The van der Waals surface area contributed by atoms with Gasteiger partial charge in [-0.05, 0) is 44.5 Å². The molecule has 1 heterocycles. The Morgan fingerprint density at radius 1 is 1.05 bits per heavy atom. The zero-order valence-electron chi connectivity index (χ0n) is 11.8. The van der Waals surface area contributed by atoms with Gasteiger partial charge in [-0.15, -0.1) is 0 Å². The summed E-state index contributed by atoms with van der Waals surface area (Å²) < 4.78 is 5.15. The van der Waals surface area contributed by atoms with Gasteiger partial charge in [-0.3, -0.25) is 0 Å². The highest BCUT2D eigenvalue weighted by Crippen LogP contribution is 2.20. The molecule has 1 atom stereocenters. The van der Waals surface area contributed by atoms with Crippen LogP contribution in [0.2, 0.25) is 0 Å². The summed E-state index contributed by atoms with van der Waals surface area (Å²) in [5.41, 5.74) is 3.11. The largest absolute Gasteiger partial charge is 0.497 e. The predicted octanol–water partition coefficient (Wildman–Crippen LogP) is 3.28. The van der Waals surface area contributed by atoms with Crippen LogP contribution in [0.25, 0.3) is 0 Å². The molecule has 0 bridgehead atoms. The van der Waals surface area contributed by atoms with Crippen molar-refractivity contribution in [3.8, 4) is 5.75 Å². The first-order chi connectivity index (χ1) is 9.08. The molecular weight excluding hydrogens is 238 g/mol. The van der Waals surface area contributed by atoms with Gasteiger partial charge in [0, 0.05) is 11.4 Å². The highest BCUT2D eigenvalue weighted by atomic mass is 16.5. The zero-order valence-corrected chi connectivity index (χ0v) is 11.8. The fourth-order valence-corrected chi connectivity index (χ4v) is 1.96. The molecule has 2 aromatic rings. The van der Waals surface area contributed by atoms with E-state index in [1.807, 2.05) is 44.2 Å². The molecule has 0 saturated heterocycles. The van der Waals surface area contributed by atoms with Crippen LogP contribution >= 0.6 is 0 Å². The van der Waals surface area contributed by atoms with E-state index in [4.69, 9.17) is 4.74 Å². The van der Waals surface area contributed by atoms with E-state index >= 15 is 0 Å². The van der Waals surface area contributed by atoms with Crippen LogP contribution < -0.4 is 10.1 Å². The second-order valence-electron chi connectivity index (χ2n) is 4.61. The molecule has 19 heavy (non-hydrogen) atoms. The first kappa shape index (κ1) is 13.3. The Bertz CT molecular complexity index is 532. The van der Waals surface area contributed by atoms with E-state index < -0.39 is 0 Å². The molecule has 0 fully saturated rings. The van der Waals surface area contributed by atoms with E-state index in [0.29, 0.717) is 5.95 Å². The third-order valence-corrected chi connectivity index (χ3v) is 2.94. The number of nitrogens with one attached hydrogen (secondary N) is 1. The van der Waals surface area contributed by atoms with Gasteiger partial charge in [0.25, 0.3) is 0 Å². The molecule has 1 unspecified atom stereocenters. The van der Waals surface area contributed by atoms with Crippen molar-refractivity contribution in [2.45, 2.75) is 26.8 Å². The Hall–Kier alpha value is -2.10. The minimum atomic E-state index is 0.145. The topological polar surface area (TPSA) is 47.0 Å². The number of methoxy groups -OCH3 is 1. The highest BCUT2D eigenvalue weighted by Gasteiger charge is 2.07. The van der Waals surface area contributed by atoms with Gasteiger partial charge in [0.1, 0.15) is 5.75 Å². The lowest BCUT2D eigenvalue weighted by atomic mass is 10.1. The second-order valence-corrected chi connectivity index (χ2v) is 4.61. The van der Waals surface area contributed by atoms with Crippen molar-refractivity contribution in [3.63, 3.8) is 0 Å². The van der Waals surface area contributed by atoms with Crippen LogP contribution in [0.5, 0.6) is 5.75 Å². The minimum Gasteiger partial charge on any atom is -0.497 e. The molecule has 0 amide bonds. The Morgan fingerprint density at radius 3 is 2.16 bits per heavy atom.